The molecule has 3 rings (SSSR count). The molecule has 2 heterocycles. The van der Waals surface area contributed by atoms with Crippen molar-refractivity contribution in [3.63, 3.8) is 0 Å². The lowest BCUT2D eigenvalue weighted by atomic mass is 10.2. The van der Waals surface area contributed by atoms with Gasteiger partial charge in [-0.1, -0.05) is 30.3 Å². The van der Waals surface area contributed by atoms with Gasteiger partial charge in [-0.15, -0.1) is 0 Å². The molecule has 0 atom stereocenters. The van der Waals surface area contributed by atoms with Crippen molar-refractivity contribution in [1.29, 1.82) is 0 Å². The fourth-order valence-electron chi connectivity index (χ4n) is 2.25. The van der Waals surface area contributed by atoms with Gasteiger partial charge in [0.15, 0.2) is 0 Å². The van der Waals surface area contributed by atoms with Crippen LogP contribution in [0.2, 0.25) is 0 Å². The lowest BCUT2D eigenvalue weighted by Crippen LogP contribution is -2.14. The van der Waals surface area contributed by atoms with Crippen molar-refractivity contribution in [2.24, 2.45) is 5.73 Å². The Labute approximate surface area is 134 Å². The highest BCUT2D eigenvalue weighted by atomic mass is 15.3. The fraction of sp³-hybridized carbons (Fsp3) is 0.188. The summed E-state index contributed by atoms with van der Waals surface area (Å²) in [5.74, 6) is 1.11. The minimum absolute atomic E-state index is 0.519. The summed E-state index contributed by atoms with van der Waals surface area (Å²) in [6.07, 6.45) is 3.42. The normalized spacial score (nSPS) is 10.7. The average Bonchev–Trinajstić information content (AvgIpc) is 2.95. The second kappa shape index (κ2) is 6.89. The maximum absolute atomic E-state index is 6.23. The predicted octanol–water partition coefficient (Wildman–Crippen LogP) is 1.34. The molecule has 0 aliphatic carbocycles. The summed E-state index contributed by atoms with van der Waals surface area (Å²) in [5, 5.41) is 7.43. The van der Waals surface area contributed by atoms with Gasteiger partial charge in [0, 0.05) is 19.3 Å². The molecule has 2 aromatic heterocycles. The Hall–Kier alpha value is -2.93. The van der Waals surface area contributed by atoms with E-state index in [1.54, 1.807) is 17.1 Å². The Balaban J connectivity index is 1.84. The number of rotatable bonds is 6. The second-order valence-electron chi connectivity index (χ2n) is 5.07. The topological polar surface area (TPSA) is 108 Å². The van der Waals surface area contributed by atoms with E-state index >= 15 is 0 Å². The van der Waals surface area contributed by atoms with Crippen LogP contribution in [0, 0.1) is 0 Å². The van der Waals surface area contributed by atoms with E-state index in [-0.39, 0.29) is 0 Å². The molecule has 5 N–H and O–H groups in total. The first-order valence-corrected chi connectivity index (χ1v) is 7.40. The number of nitrogens with two attached hydrogens (primary N) is 2. The van der Waals surface area contributed by atoms with Crippen molar-refractivity contribution in [3.8, 4) is 11.3 Å². The van der Waals surface area contributed by atoms with Crippen LogP contribution >= 0.6 is 0 Å². The lowest BCUT2D eigenvalue weighted by Gasteiger charge is -2.07. The van der Waals surface area contributed by atoms with Crippen molar-refractivity contribution in [2.45, 2.75) is 6.54 Å². The van der Waals surface area contributed by atoms with E-state index < -0.39 is 0 Å². The molecule has 0 radical (unpaired) electrons. The van der Waals surface area contributed by atoms with Crippen LogP contribution in [0.1, 0.15) is 5.56 Å². The third-order valence-electron chi connectivity index (χ3n) is 3.41. The predicted molar refractivity (Wildman–Crippen MR) is 90.8 cm³/mol. The van der Waals surface area contributed by atoms with Crippen LogP contribution in [0.5, 0.6) is 0 Å². The monoisotopic (exact) mass is 309 g/mol. The molecule has 3 aromatic rings. The van der Waals surface area contributed by atoms with E-state index in [1.165, 1.54) is 0 Å². The summed E-state index contributed by atoms with van der Waals surface area (Å²) >= 11 is 0. The average molecular weight is 309 g/mol. The summed E-state index contributed by atoms with van der Waals surface area (Å²) in [6, 6.07) is 11.9. The zero-order valence-corrected chi connectivity index (χ0v) is 12.7. The summed E-state index contributed by atoms with van der Waals surface area (Å²) in [6.45, 7) is 1.76. The molecule has 0 fully saturated rings. The van der Waals surface area contributed by atoms with Gasteiger partial charge in [-0.2, -0.15) is 5.10 Å². The molecule has 23 heavy (non-hydrogen) atoms. The summed E-state index contributed by atoms with van der Waals surface area (Å²) < 4.78 is 1.76. The van der Waals surface area contributed by atoms with Crippen molar-refractivity contribution >= 4 is 11.8 Å². The molecule has 0 spiro atoms. The van der Waals surface area contributed by atoms with Crippen LogP contribution in [0.15, 0.2) is 48.8 Å². The maximum atomic E-state index is 6.23. The van der Waals surface area contributed by atoms with Gasteiger partial charge < -0.3 is 16.8 Å². The van der Waals surface area contributed by atoms with Gasteiger partial charge in [0.25, 0.3) is 0 Å². The van der Waals surface area contributed by atoms with E-state index in [1.807, 2.05) is 36.4 Å². The van der Waals surface area contributed by atoms with Crippen molar-refractivity contribution in [2.75, 3.05) is 24.1 Å². The van der Waals surface area contributed by atoms with Crippen molar-refractivity contribution < 1.29 is 0 Å². The molecule has 0 aliphatic heterocycles. The van der Waals surface area contributed by atoms with E-state index in [9.17, 15) is 0 Å². The minimum atomic E-state index is 0.519. The number of aromatic nitrogens is 4. The highest BCUT2D eigenvalue weighted by Crippen LogP contribution is 2.24. The zero-order chi connectivity index (χ0) is 16.1. The van der Waals surface area contributed by atoms with Crippen LogP contribution in [-0.4, -0.2) is 32.8 Å². The van der Waals surface area contributed by atoms with Crippen molar-refractivity contribution in [1.82, 2.24) is 19.7 Å². The lowest BCUT2D eigenvalue weighted by molar-refractivity contribution is 0.697. The molecule has 118 valence electrons. The Morgan fingerprint density at radius 3 is 2.74 bits per heavy atom. The van der Waals surface area contributed by atoms with Gasteiger partial charge in [-0.25, -0.2) is 14.6 Å². The van der Waals surface area contributed by atoms with Gasteiger partial charge in [-0.3, -0.25) is 0 Å². The SMILES string of the molecule is NCCNc1nccc(-c2cnn(Cc3ccccc3)c2N)n1. The standard InChI is InChI=1S/C16H19N7/c17-7-9-20-16-19-8-6-14(22-16)13-10-21-23(15(13)18)11-12-4-2-1-3-5-12/h1-6,8,10H,7,9,11,17-18H2,(H,19,20,22). The van der Waals surface area contributed by atoms with Gasteiger partial charge >= 0.3 is 0 Å². The minimum Gasteiger partial charge on any atom is -0.383 e. The molecule has 7 heteroatoms. The Bertz CT molecular complexity index is 767. The van der Waals surface area contributed by atoms with E-state index in [2.05, 4.69) is 20.4 Å². The van der Waals surface area contributed by atoms with E-state index in [0.717, 1.165) is 16.8 Å². The first kappa shape index (κ1) is 15.0. The van der Waals surface area contributed by atoms with E-state index in [4.69, 9.17) is 11.5 Å². The number of nitrogens with one attached hydrogen (secondary N) is 1. The molecule has 0 bridgehead atoms. The molecule has 0 amide bonds. The molecule has 0 unspecified atom stereocenters. The maximum Gasteiger partial charge on any atom is 0.223 e. The number of anilines is 2. The van der Waals surface area contributed by atoms with Crippen LogP contribution < -0.4 is 16.8 Å². The molecule has 0 saturated heterocycles. The molecule has 7 nitrogen and oxygen atoms in total. The van der Waals surface area contributed by atoms with Gasteiger partial charge in [0.1, 0.15) is 5.82 Å². The summed E-state index contributed by atoms with van der Waals surface area (Å²) in [4.78, 5) is 8.61. The van der Waals surface area contributed by atoms with Gasteiger partial charge in [0.05, 0.1) is 24.0 Å². The Morgan fingerprint density at radius 2 is 1.96 bits per heavy atom. The summed E-state index contributed by atoms with van der Waals surface area (Å²) in [5.41, 5.74) is 14.4. The molecular formula is C16H19N7. The van der Waals surface area contributed by atoms with Crippen LogP contribution in [-0.2, 0) is 6.54 Å². The molecule has 0 aliphatic rings. The largest absolute Gasteiger partial charge is 0.383 e. The van der Waals surface area contributed by atoms with Crippen LogP contribution in [0.25, 0.3) is 11.3 Å². The highest BCUT2D eigenvalue weighted by Gasteiger charge is 2.12. The van der Waals surface area contributed by atoms with Crippen LogP contribution in [0.3, 0.4) is 0 Å². The first-order valence-electron chi connectivity index (χ1n) is 7.40. The zero-order valence-electron chi connectivity index (χ0n) is 12.7. The first-order chi connectivity index (χ1) is 11.3. The van der Waals surface area contributed by atoms with E-state index in [0.29, 0.717) is 31.4 Å². The van der Waals surface area contributed by atoms with Crippen LogP contribution in [0.4, 0.5) is 11.8 Å². The number of hydrogen-bond acceptors (Lipinski definition) is 6. The second-order valence-corrected chi connectivity index (χ2v) is 5.07. The fourth-order valence-corrected chi connectivity index (χ4v) is 2.25. The van der Waals surface area contributed by atoms with Gasteiger partial charge in [-0.05, 0) is 11.6 Å². The quantitative estimate of drug-likeness (QED) is 0.634. The third-order valence-corrected chi connectivity index (χ3v) is 3.41. The smallest absolute Gasteiger partial charge is 0.223 e. The Kier molecular flexibility index (Phi) is 4.49. The molecular weight excluding hydrogens is 290 g/mol. The molecule has 1 aromatic carbocycles. The number of nitrogen functional groups attached to an aromatic ring is 1. The number of hydrogen-bond donors (Lipinski definition) is 3. The van der Waals surface area contributed by atoms with Gasteiger partial charge in [0.2, 0.25) is 5.95 Å². The third kappa shape index (κ3) is 3.46. The summed E-state index contributed by atoms with van der Waals surface area (Å²) in [7, 11) is 0. The number of nitrogens with zero attached hydrogens (tertiary/aromatic N) is 4. The highest BCUT2D eigenvalue weighted by molar-refractivity contribution is 5.71. The number of benzene rings is 1. The van der Waals surface area contributed by atoms with Crippen molar-refractivity contribution in [3.05, 3.63) is 54.4 Å². The Morgan fingerprint density at radius 1 is 1.13 bits per heavy atom. The molecule has 0 saturated carbocycles.